The molecule has 3 atom stereocenters. The van der Waals surface area contributed by atoms with E-state index < -0.39 is 5.79 Å². The lowest BCUT2D eigenvalue weighted by Crippen LogP contribution is -2.37. The summed E-state index contributed by atoms with van der Waals surface area (Å²) in [6.07, 6.45) is 7.02. The van der Waals surface area contributed by atoms with E-state index in [1.54, 1.807) is 0 Å². The molecule has 1 saturated carbocycles. The largest absolute Gasteiger partial charge is 0.348 e. The summed E-state index contributed by atoms with van der Waals surface area (Å²) in [5.74, 6) is 1.38. The molecule has 0 radical (unpaired) electrons. The van der Waals surface area contributed by atoms with Gasteiger partial charge in [-0.2, -0.15) is 0 Å². The Kier molecular flexibility index (Phi) is 5.27. The lowest BCUT2D eigenvalue weighted by Gasteiger charge is -2.21. The summed E-state index contributed by atoms with van der Waals surface area (Å²) < 4.78 is 11.4. The second-order valence-corrected chi connectivity index (χ2v) is 7.07. The van der Waals surface area contributed by atoms with Crippen molar-refractivity contribution in [3.8, 4) is 0 Å². The summed E-state index contributed by atoms with van der Waals surface area (Å²) in [7, 11) is 0. The van der Waals surface area contributed by atoms with Gasteiger partial charge in [0.15, 0.2) is 5.79 Å². The highest BCUT2D eigenvalue weighted by atomic mass is 16.7. The van der Waals surface area contributed by atoms with Crippen LogP contribution < -0.4 is 5.32 Å². The van der Waals surface area contributed by atoms with Crippen LogP contribution in [0.25, 0.3) is 0 Å². The molecule has 0 aromatic heterocycles. The topological polar surface area (TPSA) is 30.5 Å². The molecule has 2 aliphatic rings. The van der Waals surface area contributed by atoms with Crippen molar-refractivity contribution in [1.29, 1.82) is 0 Å². The molecule has 3 nitrogen and oxygen atoms in total. The number of rotatable bonds is 4. The Morgan fingerprint density at radius 2 is 1.95 bits per heavy atom. The normalized spacial score (nSPS) is 35.5. The van der Waals surface area contributed by atoms with Gasteiger partial charge in [-0.25, -0.2) is 0 Å². The van der Waals surface area contributed by atoms with E-state index in [0.29, 0.717) is 6.04 Å². The van der Waals surface area contributed by atoms with E-state index >= 15 is 0 Å². The van der Waals surface area contributed by atoms with E-state index in [4.69, 9.17) is 9.47 Å². The van der Waals surface area contributed by atoms with Crippen molar-refractivity contribution in [2.75, 3.05) is 13.2 Å². The SMILES string of the molecule is CC(C)C1CCCC(NCC2COC(C)(C)O2)CC1. The Labute approximate surface area is 118 Å². The minimum absolute atomic E-state index is 0.221. The van der Waals surface area contributed by atoms with Crippen LogP contribution in [0.3, 0.4) is 0 Å². The third-order valence-corrected chi connectivity index (χ3v) is 4.66. The van der Waals surface area contributed by atoms with E-state index in [-0.39, 0.29) is 6.10 Å². The Hall–Kier alpha value is -0.120. The van der Waals surface area contributed by atoms with Gasteiger partial charge < -0.3 is 14.8 Å². The quantitative estimate of drug-likeness (QED) is 0.794. The highest BCUT2D eigenvalue weighted by Gasteiger charge is 2.32. The fourth-order valence-electron chi connectivity index (χ4n) is 3.36. The van der Waals surface area contributed by atoms with Crippen molar-refractivity contribution in [3.05, 3.63) is 0 Å². The molecule has 2 fully saturated rings. The van der Waals surface area contributed by atoms with Gasteiger partial charge in [0, 0.05) is 12.6 Å². The molecule has 1 aliphatic carbocycles. The Morgan fingerprint density at radius 1 is 1.16 bits per heavy atom. The summed E-state index contributed by atoms with van der Waals surface area (Å²) in [6.45, 7) is 10.4. The molecule has 0 aromatic rings. The van der Waals surface area contributed by atoms with Crippen LogP contribution in [-0.2, 0) is 9.47 Å². The lowest BCUT2D eigenvalue weighted by atomic mass is 9.89. The first-order chi connectivity index (χ1) is 8.96. The van der Waals surface area contributed by atoms with Gasteiger partial charge in [-0.15, -0.1) is 0 Å². The molecular weight excluding hydrogens is 238 g/mol. The van der Waals surface area contributed by atoms with Crippen molar-refractivity contribution >= 4 is 0 Å². The molecule has 0 aromatic carbocycles. The third-order valence-electron chi connectivity index (χ3n) is 4.66. The molecule has 2 rings (SSSR count). The smallest absolute Gasteiger partial charge is 0.163 e. The molecule has 3 heteroatoms. The Balaban J connectivity index is 1.69. The average molecular weight is 269 g/mol. The van der Waals surface area contributed by atoms with Gasteiger partial charge in [0.2, 0.25) is 0 Å². The van der Waals surface area contributed by atoms with Crippen LogP contribution in [0, 0.1) is 11.8 Å². The standard InChI is InChI=1S/C16H31NO2/c1-12(2)13-6-5-7-14(9-8-13)17-10-15-11-18-16(3,4)19-15/h12-15,17H,5-11H2,1-4H3. The second kappa shape index (κ2) is 6.55. The van der Waals surface area contributed by atoms with Gasteiger partial charge in [-0.1, -0.05) is 26.7 Å². The molecule has 19 heavy (non-hydrogen) atoms. The monoisotopic (exact) mass is 269 g/mol. The number of hydrogen-bond acceptors (Lipinski definition) is 3. The van der Waals surface area contributed by atoms with Gasteiger partial charge in [0.25, 0.3) is 0 Å². The predicted octanol–water partition coefficient (Wildman–Crippen LogP) is 3.33. The van der Waals surface area contributed by atoms with E-state index in [2.05, 4.69) is 19.2 Å². The maximum Gasteiger partial charge on any atom is 0.163 e. The molecule has 1 aliphatic heterocycles. The lowest BCUT2D eigenvalue weighted by molar-refractivity contribution is -0.137. The van der Waals surface area contributed by atoms with Crippen LogP contribution in [0.15, 0.2) is 0 Å². The van der Waals surface area contributed by atoms with Crippen LogP contribution in [0.1, 0.15) is 59.8 Å². The van der Waals surface area contributed by atoms with Crippen LogP contribution >= 0.6 is 0 Å². The minimum atomic E-state index is -0.390. The highest BCUT2D eigenvalue weighted by Crippen LogP contribution is 2.29. The maximum atomic E-state index is 5.85. The third kappa shape index (κ3) is 4.73. The first-order valence-corrected chi connectivity index (χ1v) is 8.01. The zero-order valence-corrected chi connectivity index (χ0v) is 13.1. The van der Waals surface area contributed by atoms with Crippen molar-refractivity contribution in [2.45, 2.75) is 77.7 Å². The van der Waals surface area contributed by atoms with Crippen LogP contribution in [0.4, 0.5) is 0 Å². The second-order valence-electron chi connectivity index (χ2n) is 7.07. The van der Waals surface area contributed by atoms with Gasteiger partial charge >= 0.3 is 0 Å². The molecule has 1 saturated heterocycles. The Bertz CT molecular complexity index is 278. The maximum absolute atomic E-state index is 5.85. The van der Waals surface area contributed by atoms with Crippen molar-refractivity contribution in [3.63, 3.8) is 0 Å². The van der Waals surface area contributed by atoms with E-state index in [1.807, 2.05) is 13.8 Å². The summed E-state index contributed by atoms with van der Waals surface area (Å²) >= 11 is 0. The highest BCUT2D eigenvalue weighted by molar-refractivity contribution is 4.79. The van der Waals surface area contributed by atoms with E-state index in [9.17, 15) is 0 Å². The molecule has 1 heterocycles. The molecular formula is C16H31NO2. The zero-order chi connectivity index (χ0) is 13.9. The van der Waals surface area contributed by atoms with Gasteiger partial charge in [0.05, 0.1) is 12.7 Å². The minimum Gasteiger partial charge on any atom is -0.348 e. The van der Waals surface area contributed by atoms with Crippen LogP contribution in [0.2, 0.25) is 0 Å². The van der Waals surface area contributed by atoms with Crippen molar-refractivity contribution in [2.24, 2.45) is 11.8 Å². The fraction of sp³-hybridized carbons (Fsp3) is 1.00. The summed E-state index contributed by atoms with van der Waals surface area (Å²) in [5, 5.41) is 3.70. The van der Waals surface area contributed by atoms with Crippen molar-refractivity contribution < 1.29 is 9.47 Å². The molecule has 0 bridgehead atoms. The molecule has 1 N–H and O–H groups in total. The van der Waals surface area contributed by atoms with E-state index in [0.717, 1.165) is 25.0 Å². The van der Waals surface area contributed by atoms with Gasteiger partial charge in [-0.3, -0.25) is 0 Å². The summed E-state index contributed by atoms with van der Waals surface area (Å²) in [4.78, 5) is 0. The first-order valence-electron chi connectivity index (χ1n) is 8.01. The van der Waals surface area contributed by atoms with E-state index in [1.165, 1.54) is 32.1 Å². The first kappa shape index (κ1) is 15.3. The van der Waals surface area contributed by atoms with Crippen LogP contribution in [-0.4, -0.2) is 31.1 Å². The predicted molar refractivity (Wildman–Crippen MR) is 78.1 cm³/mol. The molecule has 0 spiro atoms. The fourth-order valence-corrected chi connectivity index (χ4v) is 3.36. The number of nitrogens with one attached hydrogen (secondary N) is 1. The summed E-state index contributed by atoms with van der Waals surface area (Å²) in [6, 6.07) is 0.677. The van der Waals surface area contributed by atoms with Gasteiger partial charge in [-0.05, 0) is 44.9 Å². The van der Waals surface area contributed by atoms with Crippen molar-refractivity contribution in [1.82, 2.24) is 5.32 Å². The number of ether oxygens (including phenoxy) is 2. The van der Waals surface area contributed by atoms with Gasteiger partial charge in [0.1, 0.15) is 0 Å². The average Bonchev–Trinajstić information content (AvgIpc) is 2.56. The molecule has 3 unspecified atom stereocenters. The van der Waals surface area contributed by atoms with Crippen LogP contribution in [0.5, 0.6) is 0 Å². The molecule has 112 valence electrons. The Morgan fingerprint density at radius 3 is 2.58 bits per heavy atom. The molecule has 0 amide bonds. The summed E-state index contributed by atoms with van der Waals surface area (Å²) in [5.41, 5.74) is 0. The zero-order valence-electron chi connectivity index (χ0n) is 13.1. The number of hydrogen-bond donors (Lipinski definition) is 1.